The van der Waals surface area contributed by atoms with Crippen molar-refractivity contribution in [2.45, 2.75) is 0 Å². The van der Waals surface area contributed by atoms with Crippen LogP contribution in [-0.4, -0.2) is 19.1 Å². The van der Waals surface area contributed by atoms with Crippen LogP contribution in [0.1, 0.15) is 5.69 Å². The van der Waals surface area contributed by atoms with Gasteiger partial charge in [-0.3, -0.25) is 4.57 Å². The van der Waals surface area contributed by atoms with Crippen molar-refractivity contribution in [3.05, 3.63) is 157 Å². The van der Waals surface area contributed by atoms with E-state index >= 15 is 0 Å². The number of para-hydroxylation sites is 3. The Morgan fingerprint density at radius 2 is 1.06 bits per heavy atom. The van der Waals surface area contributed by atoms with Gasteiger partial charge in [-0.2, -0.15) is 5.26 Å². The maximum absolute atomic E-state index is 10.1. The van der Waals surface area contributed by atoms with Crippen molar-refractivity contribution in [3.8, 4) is 28.8 Å². The predicted molar refractivity (Wildman–Crippen MR) is 196 cm³/mol. The summed E-state index contributed by atoms with van der Waals surface area (Å²) in [4.78, 5) is 9.80. The molecule has 10 aromatic rings. The first-order chi connectivity index (χ1) is 23.8. The fourth-order valence-corrected chi connectivity index (χ4v) is 7.62. The molecule has 3 aromatic heterocycles. The lowest BCUT2D eigenvalue weighted by atomic mass is 9.94. The molecule has 10 rings (SSSR count). The molecule has 5 nitrogen and oxygen atoms in total. The van der Waals surface area contributed by atoms with Crippen molar-refractivity contribution >= 4 is 65.3 Å². The Hall–Kier alpha value is -6.77. The van der Waals surface area contributed by atoms with Crippen LogP contribution in [-0.2, 0) is 0 Å². The summed E-state index contributed by atoms with van der Waals surface area (Å²) >= 11 is 0. The van der Waals surface area contributed by atoms with Gasteiger partial charge in [0.1, 0.15) is 6.07 Å². The van der Waals surface area contributed by atoms with Crippen LogP contribution in [0.3, 0.4) is 0 Å². The summed E-state index contributed by atoms with van der Waals surface area (Å²) < 4.78 is 4.49. The van der Waals surface area contributed by atoms with Gasteiger partial charge in [0.2, 0.25) is 5.95 Å². The van der Waals surface area contributed by atoms with Crippen molar-refractivity contribution in [2.24, 2.45) is 0 Å². The predicted octanol–water partition coefficient (Wildman–Crippen LogP) is 10.5. The molecule has 0 radical (unpaired) electrons. The zero-order valence-corrected chi connectivity index (χ0v) is 25.7. The normalized spacial score (nSPS) is 11.7. The molecule has 0 saturated heterocycles. The molecule has 222 valence electrons. The molecule has 0 aliphatic heterocycles. The maximum atomic E-state index is 10.1. The summed E-state index contributed by atoms with van der Waals surface area (Å²) in [5.74, 6) is 0.485. The van der Waals surface area contributed by atoms with Gasteiger partial charge in [0.05, 0.1) is 27.6 Å². The lowest BCUT2D eigenvalue weighted by Gasteiger charge is -2.11. The molecule has 0 amide bonds. The van der Waals surface area contributed by atoms with Crippen molar-refractivity contribution in [2.75, 3.05) is 0 Å². The van der Waals surface area contributed by atoms with Crippen LogP contribution in [0.15, 0.2) is 152 Å². The van der Waals surface area contributed by atoms with E-state index in [1.165, 1.54) is 27.1 Å². The van der Waals surface area contributed by atoms with Crippen LogP contribution in [0.4, 0.5) is 0 Å². The lowest BCUT2D eigenvalue weighted by molar-refractivity contribution is 1.00. The molecule has 0 unspecified atom stereocenters. The van der Waals surface area contributed by atoms with Crippen molar-refractivity contribution in [1.82, 2.24) is 19.1 Å². The van der Waals surface area contributed by atoms with Crippen molar-refractivity contribution in [1.29, 1.82) is 5.26 Å². The lowest BCUT2D eigenvalue weighted by Crippen LogP contribution is -2.03. The topological polar surface area (TPSA) is 59.4 Å². The Balaban J connectivity index is 1.36. The Morgan fingerprint density at radius 3 is 1.88 bits per heavy atom. The molecule has 0 bridgehead atoms. The SMILES string of the molecule is N#Cc1nc(-n2c3ccccc3c3c(-c4cccc5c4c4c6ccccc6ccc4n5-c4ccccc4)cccc32)nc2ccccc12. The van der Waals surface area contributed by atoms with E-state index in [1.54, 1.807) is 0 Å². The first kappa shape index (κ1) is 26.4. The molecule has 0 aliphatic rings. The van der Waals surface area contributed by atoms with Crippen LogP contribution in [0, 0.1) is 11.3 Å². The third-order valence-corrected chi connectivity index (χ3v) is 9.58. The van der Waals surface area contributed by atoms with Gasteiger partial charge in [0.15, 0.2) is 5.69 Å². The number of rotatable bonds is 3. The summed E-state index contributed by atoms with van der Waals surface area (Å²) in [6, 6.07) is 55.3. The fourth-order valence-electron chi connectivity index (χ4n) is 7.62. The first-order valence-corrected chi connectivity index (χ1v) is 16.0. The van der Waals surface area contributed by atoms with Gasteiger partial charge in [-0.15, -0.1) is 0 Å². The maximum Gasteiger partial charge on any atom is 0.236 e. The molecule has 7 aromatic carbocycles. The summed E-state index contributed by atoms with van der Waals surface area (Å²) in [5, 5.41) is 17.9. The number of fused-ring (bicyclic) bond motifs is 9. The second kappa shape index (κ2) is 10.1. The second-order valence-electron chi connectivity index (χ2n) is 12.1. The van der Waals surface area contributed by atoms with Gasteiger partial charge in [-0.25, -0.2) is 9.97 Å². The number of nitrogens with zero attached hydrogens (tertiary/aromatic N) is 5. The zero-order chi connectivity index (χ0) is 31.8. The Kier molecular flexibility index (Phi) is 5.57. The van der Waals surface area contributed by atoms with Crippen LogP contribution < -0.4 is 0 Å². The minimum absolute atomic E-state index is 0.364. The first-order valence-electron chi connectivity index (χ1n) is 16.0. The van der Waals surface area contributed by atoms with Gasteiger partial charge < -0.3 is 4.57 Å². The standard InChI is InChI=1S/C43H25N5/c44-26-35-32-16-6-8-20-34(32)45-43(46-35)48-36-21-9-7-17-33(36)40-30(18-10-22-37(40)48)31-19-11-23-38-42(31)41-29-15-5-4-12-27(29)24-25-39(41)47(38)28-13-2-1-3-14-28/h1-25H. The molecule has 48 heavy (non-hydrogen) atoms. The van der Waals surface area contributed by atoms with Gasteiger partial charge >= 0.3 is 0 Å². The van der Waals surface area contributed by atoms with Gasteiger partial charge in [-0.1, -0.05) is 103 Å². The molecule has 0 saturated carbocycles. The molecular weight excluding hydrogens is 587 g/mol. The average Bonchev–Trinajstić information content (AvgIpc) is 3.68. The quantitative estimate of drug-likeness (QED) is 0.200. The molecule has 3 heterocycles. The second-order valence-corrected chi connectivity index (χ2v) is 12.1. The third-order valence-electron chi connectivity index (χ3n) is 9.58. The average molecular weight is 612 g/mol. The Bertz CT molecular complexity index is 2960. The minimum Gasteiger partial charge on any atom is -0.309 e. The molecule has 0 atom stereocenters. The number of aromatic nitrogens is 4. The Morgan fingerprint density at radius 1 is 0.438 bits per heavy atom. The van der Waals surface area contributed by atoms with Gasteiger partial charge in [0, 0.05) is 32.6 Å². The van der Waals surface area contributed by atoms with E-state index in [4.69, 9.17) is 9.97 Å². The van der Waals surface area contributed by atoms with Crippen LogP contribution in [0.2, 0.25) is 0 Å². The van der Waals surface area contributed by atoms with E-state index in [2.05, 4.69) is 137 Å². The number of benzene rings is 7. The van der Waals surface area contributed by atoms with Crippen LogP contribution in [0.5, 0.6) is 0 Å². The van der Waals surface area contributed by atoms with Gasteiger partial charge in [0.25, 0.3) is 0 Å². The number of nitriles is 1. The monoisotopic (exact) mass is 611 g/mol. The number of hydrogen-bond donors (Lipinski definition) is 0. The highest BCUT2D eigenvalue weighted by atomic mass is 15.2. The highest BCUT2D eigenvalue weighted by Gasteiger charge is 2.22. The van der Waals surface area contributed by atoms with Crippen molar-refractivity contribution in [3.63, 3.8) is 0 Å². The van der Waals surface area contributed by atoms with E-state index in [0.29, 0.717) is 11.6 Å². The molecule has 0 aliphatic carbocycles. The van der Waals surface area contributed by atoms with E-state index in [-0.39, 0.29) is 0 Å². The molecule has 0 fully saturated rings. The summed E-state index contributed by atoms with van der Waals surface area (Å²) in [6.07, 6.45) is 0. The van der Waals surface area contributed by atoms with Gasteiger partial charge in [-0.05, 0) is 70.4 Å². The van der Waals surface area contributed by atoms with Crippen LogP contribution in [0.25, 0.3) is 88.0 Å². The number of hydrogen-bond acceptors (Lipinski definition) is 3. The van der Waals surface area contributed by atoms with E-state index in [1.807, 2.05) is 30.3 Å². The molecule has 0 N–H and O–H groups in total. The van der Waals surface area contributed by atoms with Crippen LogP contribution >= 0.6 is 0 Å². The fraction of sp³-hybridized carbons (Fsp3) is 0. The van der Waals surface area contributed by atoms with Crippen molar-refractivity contribution < 1.29 is 0 Å². The zero-order valence-electron chi connectivity index (χ0n) is 25.7. The van der Waals surface area contributed by atoms with E-state index in [0.717, 1.165) is 55.0 Å². The third kappa shape index (κ3) is 3.66. The highest BCUT2D eigenvalue weighted by molar-refractivity contribution is 6.27. The van der Waals surface area contributed by atoms with E-state index in [9.17, 15) is 5.26 Å². The summed E-state index contributed by atoms with van der Waals surface area (Å²) in [5.41, 5.74) is 8.83. The summed E-state index contributed by atoms with van der Waals surface area (Å²) in [7, 11) is 0. The highest BCUT2D eigenvalue weighted by Crippen LogP contribution is 2.45. The minimum atomic E-state index is 0.364. The summed E-state index contributed by atoms with van der Waals surface area (Å²) in [6.45, 7) is 0. The Labute approximate surface area is 275 Å². The molecular formula is C43H25N5. The largest absolute Gasteiger partial charge is 0.309 e. The molecule has 0 spiro atoms. The molecule has 5 heteroatoms. The smallest absolute Gasteiger partial charge is 0.236 e. The van der Waals surface area contributed by atoms with E-state index < -0.39 is 0 Å².